The number of nitrogens with zero attached hydrogens (tertiary/aromatic N) is 1. The van der Waals surface area contributed by atoms with Crippen LogP contribution in [-0.2, 0) is 18.3 Å². The van der Waals surface area contributed by atoms with Gasteiger partial charge in [0.1, 0.15) is 0 Å². The predicted molar refractivity (Wildman–Crippen MR) is 84.1 cm³/mol. The molecule has 0 spiro atoms. The van der Waals surface area contributed by atoms with Crippen molar-refractivity contribution in [3.8, 4) is 0 Å². The van der Waals surface area contributed by atoms with Crippen LogP contribution in [0, 0.1) is 0 Å². The van der Waals surface area contributed by atoms with Crippen LogP contribution in [0.2, 0.25) is 0 Å². The van der Waals surface area contributed by atoms with E-state index in [0.717, 1.165) is 24.1 Å². The Bertz CT molecular complexity index is 664. The number of aryl methyl sites for hydroxylation is 1. The van der Waals surface area contributed by atoms with Crippen molar-refractivity contribution < 1.29 is 9.32 Å². The minimum atomic E-state index is -0.0917. The van der Waals surface area contributed by atoms with Crippen molar-refractivity contribution in [3.05, 3.63) is 33.1 Å². The average molecular weight is 304 g/mol. The second kappa shape index (κ2) is 5.30. The number of carbonyl (C=O) groups excluding carboxylic acids is 1. The smallest absolute Gasteiger partial charge is 0.259 e. The van der Waals surface area contributed by atoms with Gasteiger partial charge in [-0.15, -0.1) is 11.3 Å². The third-order valence-electron chi connectivity index (χ3n) is 3.82. The van der Waals surface area contributed by atoms with E-state index in [4.69, 9.17) is 4.52 Å². The maximum Gasteiger partial charge on any atom is 0.259 e. The van der Waals surface area contributed by atoms with Crippen molar-refractivity contribution in [1.82, 2.24) is 5.16 Å². The summed E-state index contributed by atoms with van der Waals surface area (Å²) in [6.07, 6.45) is 4.50. The molecule has 0 saturated carbocycles. The zero-order valence-electron chi connectivity index (χ0n) is 12.7. The molecule has 0 radical (unpaired) electrons. The molecule has 0 bridgehead atoms. The van der Waals surface area contributed by atoms with Crippen molar-refractivity contribution in [1.29, 1.82) is 0 Å². The summed E-state index contributed by atoms with van der Waals surface area (Å²) in [6, 6.07) is 1.80. The van der Waals surface area contributed by atoms with Gasteiger partial charge in [-0.25, -0.2) is 0 Å². The molecule has 2 aromatic heterocycles. The van der Waals surface area contributed by atoms with Gasteiger partial charge in [0.25, 0.3) is 5.91 Å². The molecule has 0 saturated heterocycles. The maximum atomic E-state index is 12.4. The summed E-state index contributed by atoms with van der Waals surface area (Å²) < 4.78 is 5.23. The first-order valence-corrected chi connectivity index (χ1v) is 8.21. The number of rotatable bonds is 2. The number of anilines is 1. The number of hydrogen-bond acceptors (Lipinski definition) is 4. The van der Waals surface area contributed by atoms with Crippen molar-refractivity contribution in [2.45, 2.75) is 51.9 Å². The van der Waals surface area contributed by atoms with E-state index in [2.05, 4.69) is 31.2 Å². The first-order chi connectivity index (χ1) is 9.95. The van der Waals surface area contributed by atoms with Crippen LogP contribution in [0.1, 0.15) is 60.1 Å². The Morgan fingerprint density at radius 1 is 1.33 bits per heavy atom. The lowest BCUT2D eigenvalue weighted by Gasteiger charge is -2.12. The molecule has 5 heteroatoms. The highest BCUT2D eigenvalue weighted by Crippen LogP contribution is 2.31. The molecule has 21 heavy (non-hydrogen) atoms. The molecule has 0 aliphatic heterocycles. The molecule has 1 amide bonds. The summed E-state index contributed by atoms with van der Waals surface area (Å²) in [6.45, 7) is 6.18. The van der Waals surface area contributed by atoms with Gasteiger partial charge in [0, 0.05) is 21.7 Å². The topological polar surface area (TPSA) is 55.1 Å². The fourth-order valence-corrected chi connectivity index (χ4v) is 3.68. The summed E-state index contributed by atoms with van der Waals surface area (Å²) in [5.41, 5.74) is 2.77. The van der Waals surface area contributed by atoms with E-state index >= 15 is 0 Å². The van der Waals surface area contributed by atoms with Gasteiger partial charge in [0.15, 0.2) is 0 Å². The van der Waals surface area contributed by atoms with E-state index in [1.165, 1.54) is 23.3 Å². The van der Waals surface area contributed by atoms with Gasteiger partial charge in [-0.1, -0.05) is 25.9 Å². The van der Waals surface area contributed by atoms with Gasteiger partial charge < -0.3 is 4.52 Å². The molecule has 0 fully saturated rings. The lowest BCUT2D eigenvalue weighted by atomic mass is 9.92. The van der Waals surface area contributed by atoms with Gasteiger partial charge >= 0.3 is 0 Å². The van der Waals surface area contributed by atoms with Crippen LogP contribution in [0.3, 0.4) is 0 Å². The van der Waals surface area contributed by atoms with E-state index in [1.807, 2.05) is 5.38 Å². The van der Waals surface area contributed by atoms with Gasteiger partial charge in [0.2, 0.25) is 5.88 Å². The highest BCUT2D eigenvalue weighted by molar-refractivity contribution is 7.10. The maximum absolute atomic E-state index is 12.4. The monoisotopic (exact) mass is 304 g/mol. The van der Waals surface area contributed by atoms with Crippen molar-refractivity contribution in [2.24, 2.45) is 0 Å². The average Bonchev–Trinajstić information content (AvgIpc) is 3.03. The van der Waals surface area contributed by atoms with Crippen LogP contribution >= 0.6 is 11.3 Å². The third-order valence-corrected chi connectivity index (χ3v) is 4.91. The molecule has 0 aromatic carbocycles. The fraction of sp³-hybridized carbons (Fsp3) is 0.500. The molecule has 0 atom stereocenters. The van der Waals surface area contributed by atoms with Gasteiger partial charge in [0.05, 0.1) is 11.3 Å². The summed E-state index contributed by atoms with van der Waals surface area (Å²) in [5, 5.41) is 8.81. The first-order valence-electron chi connectivity index (χ1n) is 7.33. The molecule has 1 aliphatic carbocycles. The van der Waals surface area contributed by atoms with Crippen LogP contribution in [-0.4, -0.2) is 11.1 Å². The summed E-state index contributed by atoms with van der Waals surface area (Å²) >= 11 is 1.69. The Morgan fingerprint density at radius 3 is 2.81 bits per heavy atom. The highest BCUT2D eigenvalue weighted by atomic mass is 32.1. The number of carbonyl (C=O) groups is 1. The summed E-state index contributed by atoms with van der Waals surface area (Å²) in [5.74, 6) is 0.326. The zero-order valence-corrected chi connectivity index (χ0v) is 13.5. The normalized spacial score (nSPS) is 14.8. The van der Waals surface area contributed by atoms with Gasteiger partial charge in [-0.3, -0.25) is 10.1 Å². The minimum absolute atomic E-state index is 0.0893. The molecular weight excluding hydrogens is 284 g/mol. The molecule has 112 valence electrons. The van der Waals surface area contributed by atoms with Crippen LogP contribution in [0.5, 0.6) is 0 Å². The third kappa shape index (κ3) is 2.88. The molecule has 1 N–H and O–H groups in total. The molecule has 2 heterocycles. The predicted octanol–water partition coefficient (Wildman–Crippen LogP) is 4.16. The fourth-order valence-electron chi connectivity index (χ4n) is 2.55. The van der Waals surface area contributed by atoms with Crippen molar-refractivity contribution in [3.63, 3.8) is 0 Å². The Morgan fingerprint density at radius 2 is 2.10 bits per heavy atom. The van der Waals surface area contributed by atoms with E-state index in [0.29, 0.717) is 5.88 Å². The number of thiophene rings is 1. The number of fused-ring (bicyclic) bond motifs is 1. The number of nitrogens with one attached hydrogen (secondary N) is 1. The van der Waals surface area contributed by atoms with Crippen LogP contribution in [0.25, 0.3) is 0 Å². The molecule has 1 aliphatic rings. The second-order valence-electron chi connectivity index (χ2n) is 6.54. The quantitative estimate of drug-likeness (QED) is 0.906. The zero-order chi connectivity index (χ0) is 15.0. The van der Waals surface area contributed by atoms with E-state index in [1.54, 1.807) is 17.4 Å². The minimum Gasteiger partial charge on any atom is -0.338 e. The Kier molecular flexibility index (Phi) is 3.61. The largest absolute Gasteiger partial charge is 0.338 e. The second-order valence-corrected chi connectivity index (χ2v) is 7.50. The highest BCUT2D eigenvalue weighted by Gasteiger charge is 2.23. The van der Waals surface area contributed by atoms with Gasteiger partial charge in [-0.2, -0.15) is 0 Å². The standard InChI is InChI=1S/C16H20N2O2S/c1-16(2,3)13-8-14(20-18-13)17-15(19)11-9-21-12-7-5-4-6-10(11)12/h8-9H,4-7H2,1-3H3,(H,17,19). The molecule has 4 nitrogen and oxygen atoms in total. The Balaban J connectivity index is 1.78. The first kappa shape index (κ1) is 14.3. The number of hydrogen-bond donors (Lipinski definition) is 1. The van der Waals surface area contributed by atoms with E-state index < -0.39 is 0 Å². The number of amides is 1. The van der Waals surface area contributed by atoms with Crippen LogP contribution in [0.4, 0.5) is 5.88 Å². The van der Waals surface area contributed by atoms with E-state index in [-0.39, 0.29) is 11.3 Å². The lowest BCUT2D eigenvalue weighted by Crippen LogP contribution is -2.14. The summed E-state index contributed by atoms with van der Waals surface area (Å²) in [4.78, 5) is 13.8. The van der Waals surface area contributed by atoms with Gasteiger partial charge in [-0.05, 0) is 31.2 Å². The van der Waals surface area contributed by atoms with E-state index in [9.17, 15) is 4.79 Å². The molecule has 0 unspecified atom stereocenters. The summed E-state index contributed by atoms with van der Waals surface area (Å²) in [7, 11) is 0. The SMILES string of the molecule is CC(C)(C)c1cc(NC(=O)c2csc3c2CCCC3)on1. The molecular formula is C16H20N2O2S. The Labute approximate surface area is 128 Å². The van der Waals surface area contributed by atoms with Crippen LogP contribution in [0.15, 0.2) is 16.0 Å². The number of aromatic nitrogens is 1. The van der Waals surface area contributed by atoms with Crippen LogP contribution < -0.4 is 5.32 Å². The van der Waals surface area contributed by atoms with Crippen molar-refractivity contribution >= 4 is 23.1 Å². The molecule has 2 aromatic rings. The Hall–Kier alpha value is -1.62. The lowest BCUT2D eigenvalue weighted by molar-refractivity contribution is 0.102. The van der Waals surface area contributed by atoms with Crippen molar-refractivity contribution in [2.75, 3.05) is 5.32 Å². The molecule has 3 rings (SSSR count).